The average molecular weight is 199 g/mol. The van der Waals surface area contributed by atoms with Crippen LogP contribution in [-0.4, -0.2) is 25.7 Å². The Bertz CT molecular complexity index is 182. The van der Waals surface area contributed by atoms with Crippen molar-refractivity contribution in [2.24, 2.45) is 11.8 Å². The lowest BCUT2D eigenvalue weighted by Gasteiger charge is -2.22. The average Bonchev–Trinajstić information content (AvgIpc) is 2.17. The molecule has 1 fully saturated rings. The first kappa shape index (κ1) is 11.5. The van der Waals surface area contributed by atoms with Gasteiger partial charge in [0.05, 0.1) is 0 Å². The van der Waals surface area contributed by atoms with Crippen molar-refractivity contribution in [3.63, 3.8) is 0 Å². The number of rotatable bonds is 5. The minimum Gasteiger partial charge on any atom is -0.381 e. The van der Waals surface area contributed by atoms with Gasteiger partial charge in [0, 0.05) is 26.2 Å². The van der Waals surface area contributed by atoms with E-state index in [2.05, 4.69) is 19.2 Å². The number of hydrogen-bond acceptors (Lipinski definition) is 2. The topological polar surface area (TPSA) is 38.3 Å². The van der Waals surface area contributed by atoms with E-state index in [9.17, 15) is 4.79 Å². The van der Waals surface area contributed by atoms with Crippen molar-refractivity contribution in [3.8, 4) is 0 Å². The molecule has 0 aromatic rings. The van der Waals surface area contributed by atoms with Gasteiger partial charge in [-0.3, -0.25) is 4.79 Å². The van der Waals surface area contributed by atoms with Crippen LogP contribution in [0.1, 0.15) is 33.1 Å². The van der Waals surface area contributed by atoms with Crippen molar-refractivity contribution in [2.75, 3.05) is 19.8 Å². The number of piperidine rings is 1. The number of hydrogen-bond donors (Lipinski definition) is 1. The largest absolute Gasteiger partial charge is 0.381 e. The maximum absolute atomic E-state index is 11.1. The Morgan fingerprint density at radius 3 is 3.07 bits per heavy atom. The molecule has 1 saturated heterocycles. The summed E-state index contributed by atoms with van der Waals surface area (Å²) in [6.45, 7) is 6.75. The Hall–Kier alpha value is -0.570. The van der Waals surface area contributed by atoms with Crippen LogP contribution in [0.25, 0.3) is 0 Å². The van der Waals surface area contributed by atoms with Gasteiger partial charge in [0.2, 0.25) is 5.91 Å². The maximum Gasteiger partial charge on any atom is 0.220 e. The Balaban J connectivity index is 2.08. The second-order valence-corrected chi connectivity index (χ2v) is 4.26. The molecule has 0 unspecified atom stereocenters. The smallest absolute Gasteiger partial charge is 0.220 e. The number of nitrogens with one attached hydrogen (secondary N) is 1. The van der Waals surface area contributed by atoms with Crippen molar-refractivity contribution in [2.45, 2.75) is 33.1 Å². The van der Waals surface area contributed by atoms with Crippen LogP contribution in [0.15, 0.2) is 0 Å². The van der Waals surface area contributed by atoms with Gasteiger partial charge in [-0.15, -0.1) is 0 Å². The number of carbonyl (C=O) groups excluding carboxylic acids is 1. The summed E-state index contributed by atoms with van der Waals surface area (Å²) in [6.07, 6.45) is 2.86. The highest BCUT2D eigenvalue weighted by Gasteiger charge is 2.18. The molecule has 1 amide bonds. The third-order valence-corrected chi connectivity index (χ3v) is 2.80. The molecular formula is C11H21NO2. The van der Waals surface area contributed by atoms with E-state index in [1.54, 1.807) is 0 Å². The lowest BCUT2D eigenvalue weighted by Crippen LogP contribution is -2.35. The molecule has 82 valence electrons. The molecule has 0 aromatic carbocycles. The van der Waals surface area contributed by atoms with Gasteiger partial charge in [0.1, 0.15) is 0 Å². The third-order valence-electron chi connectivity index (χ3n) is 2.80. The summed E-state index contributed by atoms with van der Waals surface area (Å²) in [5.41, 5.74) is 0. The Kier molecular flexibility index (Phi) is 4.94. The summed E-state index contributed by atoms with van der Waals surface area (Å²) in [7, 11) is 0. The summed E-state index contributed by atoms with van der Waals surface area (Å²) in [6, 6.07) is 0. The van der Waals surface area contributed by atoms with Crippen molar-refractivity contribution >= 4 is 5.91 Å². The van der Waals surface area contributed by atoms with Crippen molar-refractivity contribution in [1.82, 2.24) is 5.32 Å². The third kappa shape index (κ3) is 4.09. The molecule has 1 heterocycles. The van der Waals surface area contributed by atoms with Gasteiger partial charge >= 0.3 is 0 Å². The molecule has 3 heteroatoms. The van der Waals surface area contributed by atoms with Crippen LogP contribution in [0, 0.1) is 11.8 Å². The zero-order chi connectivity index (χ0) is 10.4. The zero-order valence-corrected chi connectivity index (χ0v) is 9.21. The number of ether oxygens (including phenoxy) is 1. The molecule has 3 nitrogen and oxygen atoms in total. The fourth-order valence-corrected chi connectivity index (χ4v) is 1.55. The van der Waals surface area contributed by atoms with Crippen LogP contribution < -0.4 is 5.32 Å². The van der Waals surface area contributed by atoms with Gasteiger partial charge < -0.3 is 10.1 Å². The second-order valence-electron chi connectivity index (χ2n) is 4.26. The molecular weight excluding hydrogens is 178 g/mol. The molecule has 0 spiro atoms. The summed E-state index contributed by atoms with van der Waals surface area (Å²) >= 11 is 0. The minimum absolute atomic E-state index is 0.174. The molecule has 2 atom stereocenters. The van der Waals surface area contributed by atoms with E-state index in [0.29, 0.717) is 18.3 Å². The van der Waals surface area contributed by atoms with Gasteiger partial charge in [-0.2, -0.15) is 0 Å². The first-order valence-corrected chi connectivity index (χ1v) is 5.56. The van der Waals surface area contributed by atoms with E-state index >= 15 is 0 Å². The summed E-state index contributed by atoms with van der Waals surface area (Å²) in [4.78, 5) is 11.1. The molecule has 1 aliphatic rings. The predicted octanol–water partition coefficient (Wildman–Crippen LogP) is 1.58. The van der Waals surface area contributed by atoms with E-state index in [-0.39, 0.29) is 5.91 Å². The molecule has 1 N–H and O–H groups in total. The van der Waals surface area contributed by atoms with Crippen LogP contribution >= 0.6 is 0 Å². The van der Waals surface area contributed by atoms with Crippen molar-refractivity contribution in [3.05, 3.63) is 0 Å². The van der Waals surface area contributed by atoms with Crippen LogP contribution in [-0.2, 0) is 9.53 Å². The molecule has 1 aliphatic heterocycles. The van der Waals surface area contributed by atoms with E-state index in [1.807, 2.05) is 0 Å². The Labute approximate surface area is 86.2 Å². The SMILES string of the molecule is CC[C@@H](C)COC[C@@H]1CCNC(=O)C1. The molecule has 0 radical (unpaired) electrons. The Morgan fingerprint density at radius 1 is 1.64 bits per heavy atom. The minimum atomic E-state index is 0.174. The lowest BCUT2D eigenvalue weighted by atomic mass is 9.99. The van der Waals surface area contributed by atoms with Crippen LogP contribution in [0.5, 0.6) is 0 Å². The van der Waals surface area contributed by atoms with E-state index in [1.165, 1.54) is 0 Å². The first-order valence-electron chi connectivity index (χ1n) is 5.56. The summed E-state index contributed by atoms with van der Waals surface area (Å²) < 4.78 is 5.59. The van der Waals surface area contributed by atoms with Crippen molar-refractivity contribution < 1.29 is 9.53 Å². The van der Waals surface area contributed by atoms with Crippen LogP contribution in [0.4, 0.5) is 0 Å². The fraction of sp³-hybridized carbons (Fsp3) is 0.909. The maximum atomic E-state index is 11.1. The van der Waals surface area contributed by atoms with Gasteiger partial charge in [0.15, 0.2) is 0 Å². The van der Waals surface area contributed by atoms with Gasteiger partial charge in [-0.1, -0.05) is 20.3 Å². The Morgan fingerprint density at radius 2 is 2.43 bits per heavy atom. The van der Waals surface area contributed by atoms with Crippen molar-refractivity contribution in [1.29, 1.82) is 0 Å². The highest BCUT2D eigenvalue weighted by atomic mass is 16.5. The molecule has 14 heavy (non-hydrogen) atoms. The second kappa shape index (κ2) is 6.02. The molecule has 0 aromatic heterocycles. The normalized spacial score (nSPS) is 24.4. The lowest BCUT2D eigenvalue weighted by molar-refractivity contribution is -0.124. The highest BCUT2D eigenvalue weighted by Crippen LogP contribution is 2.13. The van der Waals surface area contributed by atoms with E-state index < -0.39 is 0 Å². The number of amides is 1. The molecule has 0 saturated carbocycles. The highest BCUT2D eigenvalue weighted by molar-refractivity contribution is 5.76. The van der Waals surface area contributed by atoms with Crippen LogP contribution in [0.3, 0.4) is 0 Å². The molecule has 1 rings (SSSR count). The van der Waals surface area contributed by atoms with Gasteiger partial charge in [-0.05, 0) is 18.3 Å². The van der Waals surface area contributed by atoms with E-state index in [4.69, 9.17) is 4.74 Å². The quantitative estimate of drug-likeness (QED) is 0.730. The summed E-state index contributed by atoms with van der Waals surface area (Å²) in [5, 5.41) is 2.83. The summed E-state index contributed by atoms with van der Waals surface area (Å²) in [5.74, 6) is 1.24. The standard InChI is InChI=1S/C11H21NO2/c1-3-9(2)7-14-8-10-4-5-12-11(13)6-10/h9-10H,3-8H2,1-2H3,(H,12,13)/t9-,10-/m1/s1. The van der Waals surface area contributed by atoms with Crippen LogP contribution in [0.2, 0.25) is 0 Å². The monoisotopic (exact) mass is 199 g/mol. The fourth-order valence-electron chi connectivity index (χ4n) is 1.55. The first-order chi connectivity index (χ1) is 6.72. The number of carbonyl (C=O) groups is 1. The van der Waals surface area contributed by atoms with Gasteiger partial charge in [0.25, 0.3) is 0 Å². The predicted molar refractivity (Wildman–Crippen MR) is 56.0 cm³/mol. The van der Waals surface area contributed by atoms with Gasteiger partial charge in [-0.25, -0.2) is 0 Å². The molecule has 0 bridgehead atoms. The van der Waals surface area contributed by atoms with E-state index in [0.717, 1.165) is 32.6 Å². The zero-order valence-electron chi connectivity index (χ0n) is 9.21. The molecule has 0 aliphatic carbocycles.